The minimum absolute atomic E-state index is 0.0211. The van der Waals surface area contributed by atoms with Crippen LogP contribution in [-0.2, 0) is 11.3 Å². The Morgan fingerprint density at radius 1 is 1.35 bits per heavy atom. The van der Waals surface area contributed by atoms with Crippen LogP contribution >= 0.6 is 11.6 Å². The molecule has 0 saturated carbocycles. The molecule has 108 valence electrons. The van der Waals surface area contributed by atoms with Gasteiger partial charge in [-0.2, -0.15) is 0 Å². The second-order valence-corrected chi connectivity index (χ2v) is 5.91. The van der Waals surface area contributed by atoms with E-state index < -0.39 is 5.41 Å². The summed E-state index contributed by atoms with van der Waals surface area (Å²) >= 11 is 6.35. The highest BCUT2D eigenvalue weighted by molar-refractivity contribution is 6.36. The van der Waals surface area contributed by atoms with Crippen molar-refractivity contribution in [3.63, 3.8) is 0 Å². The number of hydrogen-bond donors (Lipinski definition) is 3. The first-order chi connectivity index (χ1) is 9.45. The van der Waals surface area contributed by atoms with Crippen molar-refractivity contribution in [3.05, 3.63) is 35.0 Å². The molecule has 0 unspecified atom stereocenters. The number of fused-ring (bicyclic) bond motifs is 1. The van der Waals surface area contributed by atoms with Gasteiger partial charge in [0.25, 0.3) is 0 Å². The standard InChI is InChI=1S/C15H20ClN3O/c1-15(2,14(20)17-3)9-18-8-12-13(16)10-6-4-5-7-11(10)19-12/h4-7,18-19H,8-9H2,1-3H3,(H,17,20). The molecule has 0 bridgehead atoms. The molecule has 1 amide bonds. The van der Waals surface area contributed by atoms with Crippen molar-refractivity contribution in [1.82, 2.24) is 15.6 Å². The molecule has 0 atom stereocenters. The molecule has 20 heavy (non-hydrogen) atoms. The van der Waals surface area contributed by atoms with E-state index in [1.165, 1.54) is 0 Å². The fourth-order valence-electron chi connectivity index (χ4n) is 2.20. The van der Waals surface area contributed by atoms with Gasteiger partial charge in [-0.05, 0) is 19.9 Å². The molecule has 1 aromatic heterocycles. The molecule has 0 radical (unpaired) electrons. The van der Waals surface area contributed by atoms with Crippen molar-refractivity contribution in [3.8, 4) is 0 Å². The lowest BCUT2D eigenvalue weighted by Gasteiger charge is -2.22. The highest BCUT2D eigenvalue weighted by Crippen LogP contribution is 2.27. The topological polar surface area (TPSA) is 56.9 Å². The predicted octanol–water partition coefficient (Wildman–Crippen LogP) is 2.68. The van der Waals surface area contributed by atoms with Crippen LogP contribution in [-0.4, -0.2) is 24.5 Å². The predicted molar refractivity (Wildman–Crippen MR) is 82.9 cm³/mol. The number of benzene rings is 1. The SMILES string of the molecule is CNC(=O)C(C)(C)CNCc1[nH]c2ccccc2c1Cl. The Labute approximate surface area is 123 Å². The van der Waals surface area contributed by atoms with Gasteiger partial charge in [-0.3, -0.25) is 4.79 Å². The molecule has 0 spiro atoms. The molecule has 2 aromatic rings. The van der Waals surface area contributed by atoms with Crippen LogP contribution in [0.3, 0.4) is 0 Å². The highest BCUT2D eigenvalue weighted by atomic mass is 35.5. The number of aromatic nitrogens is 1. The van der Waals surface area contributed by atoms with E-state index in [0.29, 0.717) is 13.1 Å². The monoisotopic (exact) mass is 293 g/mol. The number of carbonyl (C=O) groups is 1. The van der Waals surface area contributed by atoms with Gasteiger partial charge in [0, 0.05) is 36.7 Å². The summed E-state index contributed by atoms with van der Waals surface area (Å²) in [5.41, 5.74) is 1.52. The average Bonchev–Trinajstić information content (AvgIpc) is 2.75. The van der Waals surface area contributed by atoms with Crippen molar-refractivity contribution in [2.24, 2.45) is 5.41 Å². The van der Waals surface area contributed by atoms with Crippen LogP contribution in [0, 0.1) is 5.41 Å². The highest BCUT2D eigenvalue weighted by Gasteiger charge is 2.26. The van der Waals surface area contributed by atoms with E-state index in [1.807, 2.05) is 38.1 Å². The number of rotatable bonds is 5. The fourth-order valence-corrected chi connectivity index (χ4v) is 2.48. The Balaban J connectivity index is 2.03. The van der Waals surface area contributed by atoms with Crippen molar-refractivity contribution in [2.45, 2.75) is 20.4 Å². The summed E-state index contributed by atoms with van der Waals surface area (Å²) in [6.45, 7) is 5.00. The second-order valence-electron chi connectivity index (χ2n) is 5.53. The van der Waals surface area contributed by atoms with E-state index in [4.69, 9.17) is 11.6 Å². The van der Waals surface area contributed by atoms with Gasteiger partial charge >= 0.3 is 0 Å². The Morgan fingerprint density at radius 2 is 2.05 bits per heavy atom. The van der Waals surface area contributed by atoms with Crippen LogP contribution in [0.15, 0.2) is 24.3 Å². The molecule has 4 nitrogen and oxygen atoms in total. The number of aromatic amines is 1. The van der Waals surface area contributed by atoms with Gasteiger partial charge in [-0.25, -0.2) is 0 Å². The number of halogens is 1. The maximum atomic E-state index is 11.7. The number of H-pyrrole nitrogens is 1. The summed E-state index contributed by atoms with van der Waals surface area (Å²) in [7, 11) is 1.65. The summed E-state index contributed by atoms with van der Waals surface area (Å²) in [5.74, 6) is 0.0211. The minimum Gasteiger partial charge on any atom is -0.359 e. The smallest absolute Gasteiger partial charge is 0.226 e. The maximum absolute atomic E-state index is 11.7. The lowest BCUT2D eigenvalue weighted by molar-refractivity contribution is -0.128. The van der Waals surface area contributed by atoms with Gasteiger partial charge in [0.05, 0.1) is 10.4 Å². The van der Waals surface area contributed by atoms with Crippen molar-refractivity contribution in [2.75, 3.05) is 13.6 Å². The van der Waals surface area contributed by atoms with Crippen molar-refractivity contribution < 1.29 is 4.79 Å². The summed E-state index contributed by atoms with van der Waals surface area (Å²) in [5, 5.41) is 7.72. The van der Waals surface area contributed by atoms with E-state index in [1.54, 1.807) is 7.05 Å². The molecule has 1 aromatic carbocycles. The van der Waals surface area contributed by atoms with Crippen LogP contribution in [0.25, 0.3) is 10.9 Å². The average molecular weight is 294 g/mol. The third kappa shape index (κ3) is 2.97. The first-order valence-corrected chi connectivity index (χ1v) is 7.01. The molecule has 5 heteroatoms. The van der Waals surface area contributed by atoms with Gasteiger partial charge in [-0.1, -0.05) is 29.8 Å². The van der Waals surface area contributed by atoms with Gasteiger partial charge in [0.15, 0.2) is 0 Å². The zero-order valence-corrected chi connectivity index (χ0v) is 12.8. The van der Waals surface area contributed by atoms with Crippen molar-refractivity contribution >= 4 is 28.4 Å². The summed E-state index contributed by atoms with van der Waals surface area (Å²) in [6.07, 6.45) is 0. The maximum Gasteiger partial charge on any atom is 0.226 e. The molecule has 2 rings (SSSR count). The fraction of sp³-hybridized carbons (Fsp3) is 0.400. The number of amides is 1. The Bertz CT molecular complexity index is 619. The summed E-state index contributed by atoms with van der Waals surface area (Å²) in [6, 6.07) is 7.93. The molecule has 3 N–H and O–H groups in total. The van der Waals surface area contributed by atoms with E-state index in [-0.39, 0.29) is 5.91 Å². The van der Waals surface area contributed by atoms with Gasteiger partial charge in [0.1, 0.15) is 0 Å². The first kappa shape index (κ1) is 14.9. The number of hydrogen-bond acceptors (Lipinski definition) is 2. The van der Waals surface area contributed by atoms with E-state index in [2.05, 4.69) is 15.6 Å². The summed E-state index contributed by atoms with van der Waals surface area (Å²) < 4.78 is 0. The molecule has 0 fully saturated rings. The largest absolute Gasteiger partial charge is 0.359 e. The zero-order chi connectivity index (χ0) is 14.8. The van der Waals surface area contributed by atoms with E-state index in [9.17, 15) is 4.79 Å². The molecule has 1 heterocycles. The quantitative estimate of drug-likeness (QED) is 0.794. The Hall–Kier alpha value is -1.52. The Kier molecular flexibility index (Phi) is 4.35. The summed E-state index contributed by atoms with van der Waals surface area (Å²) in [4.78, 5) is 15.0. The third-order valence-electron chi connectivity index (χ3n) is 3.42. The van der Waals surface area contributed by atoms with E-state index >= 15 is 0 Å². The van der Waals surface area contributed by atoms with Crippen LogP contribution in [0.4, 0.5) is 0 Å². The number of carbonyl (C=O) groups excluding carboxylic acids is 1. The lowest BCUT2D eigenvalue weighted by Crippen LogP contribution is -2.41. The van der Waals surface area contributed by atoms with Crippen LogP contribution in [0.1, 0.15) is 19.5 Å². The number of para-hydroxylation sites is 1. The normalized spacial score (nSPS) is 11.8. The van der Waals surface area contributed by atoms with Crippen LogP contribution < -0.4 is 10.6 Å². The molecule has 0 aliphatic carbocycles. The second kappa shape index (κ2) is 5.85. The van der Waals surface area contributed by atoms with Crippen LogP contribution in [0.5, 0.6) is 0 Å². The van der Waals surface area contributed by atoms with Gasteiger partial charge in [-0.15, -0.1) is 0 Å². The molecule has 0 saturated heterocycles. The van der Waals surface area contributed by atoms with Crippen LogP contribution in [0.2, 0.25) is 5.02 Å². The molecule has 0 aliphatic heterocycles. The minimum atomic E-state index is -0.451. The third-order valence-corrected chi connectivity index (χ3v) is 3.86. The molecular weight excluding hydrogens is 274 g/mol. The van der Waals surface area contributed by atoms with Gasteiger partial charge in [0.2, 0.25) is 5.91 Å². The van der Waals surface area contributed by atoms with Gasteiger partial charge < -0.3 is 15.6 Å². The zero-order valence-electron chi connectivity index (χ0n) is 12.0. The van der Waals surface area contributed by atoms with Crippen molar-refractivity contribution in [1.29, 1.82) is 0 Å². The van der Waals surface area contributed by atoms with E-state index in [0.717, 1.165) is 21.6 Å². The Morgan fingerprint density at radius 3 is 2.70 bits per heavy atom. The number of nitrogens with one attached hydrogen (secondary N) is 3. The lowest BCUT2D eigenvalue weighted by atomic mass is 9.92. The molecule has 0 aliphatic rings. The first-order valence-electron chi connectivity index (χ1n) is 6.63. The molecular formula is C15H20ClN3O.